The van der Waals surface area contributed by atoms with Crippen LogP contribution in [-0.2, 0) is 43.4 Å². The molecule has 0 aliphatic heterocycles. The zero-order chi connectivity index (χ0) is 5.45. The van der Waals surface area contributed by atoms with Crippen LogP contribution in [0.1, 0.15) is 0 Å². The molecule has 0 aromatic carbocycles. The molecule has 0 fully saturated rings. The normalized spacial score (nSPS) is 12.4. The molecule has 0 radical (unpaired) electrons. The van der Waals surface area contributed by atoms with E-state index in [4.69, 9.17) is 19.7 Å². The van der Waals surface area contributed by atoms with Crippen LogP contribution in [0.2, 0.25) is 0 Å². The molecule has 7 heavy (non-hydrogen) atoms. The van der Waals surface area contributed by atoms with Crippen molar-refractivity contribution >= 4 is 0 Å². The summed E-state index contributed by atoms with van der Waals surface area (Å²) in [5, 5.41) is 0. The van der Waals surface area contributed by atoms with Gasteiger partial charge in [0, 0.05) is 0 Å². The molecule has 0 bridgehead atoms. The molecule has 0 saturated heterocycles. The Morgan fingerprint density at radius 3 is 1.00 bits per heavy atom. The van der Waals surface area contributed by atoms with Crippen molar-refractivity contribution in [3.63, 3.8) is 0 Å². The smallest absolute Gasteiger partial charge is 2.00 e. The molecule has 0 spiro atoms. The fourth-order valence-corrected chi connectivity index (χ4v) is 0. The van der Waals surface area contributed by atoms with E-state index < -0.39 is 12.5 Å². The minimum atomic E-state index is -7.62. The zero-order valence-electron chi connectivity index (χ0n) is 3.16. The number of hydrogen-bond donors (Lipinski definition) is 0. The van der Waals surface area contributed by atoms with Crippen LogP contribution in [-0.4, -0.2) is 0 Å². The van der Waals surface area contributed by atoms with Crippen LogP contribution in [0, 0.1) is 0 Å². The molecule has 0 aromatic rings. The molecule has 0 saturated carbocycles. The Hall–Kier alpha value is 0.476. The van der Waals surface area contributed by atoms with Crippen LogP contribution in [0.15, 0.2) is 0 Å². The summed E-state index contributed by atoms with van der Waals surface area (Å²) in [6, 6.07) is 0. The maximum absolute atomic E-state index is 8.62. The van der Waals surface area contributed by atoms with Crippen molar-refractivity contribution in [2.75, 3.05) is 0 Å². The molecule has 0 N–H and O–H groups in total. The summed E-state index contributed by atoms with van der Waals surface area (Å²) >= 11 is -7.62. The third-order valence-electron chi connectivity index (χ3n) is 0. The topological polar surface area (TPSA) is 97.3 Å². The van der Waals surface area contributed by atoms with Crippen LogP contribution in [0.5, 0.6) is 0 Å². The van der Waals surface area contributed by atoms with E-state index in [0.29, 0.717) is 0 Å². The Morgan fingerprint density at radius 2 is 1.00 bits per heavy atom. The van der Waals surface area contributed by atoms with E-state index in [-0.39, 0.29) is 19.5 Å². The van der Waals surface area contributed by atoms with Gasteiger partial charge in [0.2, 0.25) is 0 Å². The van der Waals surface area contributed by atoms with Crippen LogP contribution in [0.3, 0.4) is 0 Å². The van der Waals surface area contributed by atoms with Crippen LogP contribution in [0.25, 0.3) is 0 Å². The van der Waals surface area contributed by atoms with Crippen molar-refractivity contribution in [2.24, 2.45) is 0 Å². The standard InChI is InChI=1S/Cr.5O.Zn/q;;;;2*-1;+2. The Labute approximate surface area is 52.0 Å². The van der Waals surface area contributed by atoms with Crippen molar-refractivity contribution in [1.82, 2.24) is 0 Å². The summed E-state index contributed by atoms with van der Waals surface area (Å²) in [6.07, 6.45) is 0. The molecule has 0 aliphatic carbocycles. The van der Waals surface area contributed by atoms with Crippen molar-refractivity contribution in [3.05, 3.63) is 0 Å². The summed E-state index contributed by atoms with van der Waals surface area (Å²) in [5.74, 6) is 0. The second-order valence-electron chi connectivity index (χ2n) is 0.680. The minimum Gasteiger partial charge on any atom is 2.00 e. The van der Waals surface area contributed by atoms with Gasteiger partial charge in [0.25, 0.3) is 0 Å². The first-order valence-corrected chi connectivity index (χ1v) is 3.44. The Balaban J connectivity index is 0. The summed E-state index contributed by atoms with van der Waals surface area (Å²) in [7, 11) is 0. The first kappa shape index (κ1) is 10.5. The summed E-state index contributed by atoms with van der Waals surface area (Å²) < 4.78 is 43.1. The molecule has 0 aliphatic rings. The average molecular weight is 197 g/mol. The Bertz CT molecular complexity index is 186. The van der Waals surface area contributed by atoms with E-state index >= 15 is 0 Å². The molecule has 0 rings (SSSR count). The summed E-state index contributed by atoms with van der Waals surface area (Å²) in [4.78, 5) is 0. The van der Waals surface area contributed by atoms with Gasteiger partial charge in [-0.15, -0.1) is 0 Å². The maximum atomic E-state index is 8.62. The zero-order valence-corrected chi connectivity index (χ0v) is 7.40. The van der Waals surface area contributed by atoms with Crippen molar-refractivity contribution in [1.29, 1.82) is 0 Å². The third kappa shape index (κ3) is 573. The van der Waals surface area contributed by atoms with Gasteiger partial charge in [0.15, 0.2) is 0 Å². The van der Waals surface area contributed by atoms with Gasteiger partial charge < -0.3 is 0 Å². The van der Waals surface area contributed by atoms with E-state index in [1.165, 1.54) is 0 Å². The van der Waals surface area contributed by atoms with Crippen LogP contribution < -0.4 is 8.32 Å². The van der Waals surface area contributed by atoms with E-state index in [1.54, 1.807) is 0 Å². The maximum Gasteiger partial charge on any atom is 2.00 e. The monoisotopic (exact) mass is 196 g/mol. The molecule has 0 unspecified atom stereocenters. The molecular weight excluding hydrogens is 197 g/mol. The van der Waals surface area contributed by atoms with Gasteiger partial charge >= 0.3 is 51.7 Å². The van der Waals surface area contributed by atoms with E-state index in [2.05, 4.69) is 0 Å². The first-order valence-electron chi connectivity index (χ1n) is 0.833. The van der Waals surface area contributed by atoms with Gasteiger partial charge in [-0.05, 0) is 0 Å². The van der Waals surface area contributed by atoms with Gasteiger partial charge in [-0.2, -0.15) is 0 Å². The first-order chi connectivity index (χ1) is 2.24. The molecule has 7 heteroatoms. The third-order valence-corrected chi connectivity index (χ3v) is 0. The van der Waals surface area contributed by atoms with E-state index in [9.17, 15) is 0 Å². The van der Waals surface area contributed by atoms with Crippen LogP contribution in [0.4, 0.5) is 0 Å². The summed E-state index contributed by atoms with van der Waals surface area (Å²) in [6.45, 7) is 0. The second kappa shape index (κ2) is 1.77. The largest absolute Gasteiger partial charge is 2.00 e. The SMILES string of the molecule is [O]=[Cr](=[O])(=[O])([O-])[O-].[Zn+2]. The van der Waals surface area contributed by atoms with Gasteiger partial charge in [0.05, 0.1) is 0 Å². The Kier molecular flexibility index (Phi) is 2.64. The minimum absolute atomic E-state index is 0. The predicted octanol–water partition coefficient (Wildman–Crippen LogP) is -2.74. The molecule has 38 valence electrons. The molecule has 0 aromatic heterocycles. The average Bonchev–Trinajstić information content (AvgIpc) is 0.650. The number of rotatable bonds is 0. The van der Waals surface area contributed by atoms with Gasteiger partial charge in [-0.3, -0.25) is 0 Å². The molecular formula is CrO5Zn. The van der Waals surface area contributed by atoms with Gasteiger partial charge in [-0.1, -0.05) is 0 Å². The van der Waals surface area contributed by atoms with Crippen molar-refractivity contribution in [3.8, 4) is 0 Å². The molecule has 0 atom stereocenters. The van der Waals surface area contributed by atoms with Gasteiger partial charge in [-0.25, -0.2) is 0 Å². The van der Waals surface area contributed by atoms with E-state index in [0.717, 1.165) is 0 Å². The quantitative estimate of drug-likeness (QED) is 0.392. The Morgan fingerprint density at radius 1 is 1.00 bits per heavy atom. The molecule has 0 heterocycles. The predicted molar refractivity (Wildman–Crippen MR) is 2.06 cm³/mol. The van der Waals surface area contributed by atoms with Crippen molar-refractivity contribution < 1.29 is 51.7 Å². The van der Waals surface area contributed by atoms with E-state index in [1.807, 2.05) is 0 Å². The van der Waals surface area contributed by atoms with Gasteiger partial charge in [0.1, 0.15) is 0 Å². The molecule has 5 nitrogen and oxygen atoms in total. The van der Waals surface area contributed by atoms with Crippen molar-refractivity contribution in [2.45, 2.75) is 0 Å². The fraction of sp³-hybridized carbons (Fsp3) is 0. The second-order valence-corrected chi connectivity index (χ2v) is 2.81. The number of hydrogen-bond acceptors (Lipinski definition) is 5. The fourth-order valence-electron chi connectivity index (χ4n) is 0. The molecule has 0 amide bonds. The van der Waals surface area contributed by atoms with Crippen LogP contribution >= 0.6 is 0 Å². The summed E-state index contributed by atoms with van der Waals surface area (Å²) in [5.41, 5.74) is 0.